The molecule has 0 aliphatic carbocycles. The molecule has 36 heavy (non-hydrogen) atoms. The molecule has 0 N–H and O–H groups in total. The summed E-state index contributed by atoms with van der Waals surface area (Å²) in [5.41, 5.74) is 3.02. The Balaban J connectivity index is 1.62. The summed E-state index contributed by atoms with van der Waals surface area (Å²) < 4.78 is 18.0. The molecule has 3 aromatic carbocycles. The lowest BCUT2D eigenvalue weighted by molar-refractivity contribution is -0.384. The molecular formula is C26H20ClIN2O6. The van der Waals surface area contributed by atoms with Crippen LogP contribution in [-0.4, -0.2) is 23.4 Å². The number of hydrogen-bond acceptors (Lipinski definition) is 7. The third kappa shape index (κ3) is 5.85. The predicted octanol–water partition coefficient (Wildman–Crippen LogP) is 6.48. The van der Waals surface area contributed by atoms with E-state index in [1.165, 1.54) is 18.2 Å². The van der Waals surface area contributed by atoms with Crippen LogP contribution in [-0.2, 0) is 16.1 Å². The smallest absolute Gasteiger partial charge is 0.363 e. The summed E-state index contributed by atoms with van der Waals surface area (Å²) in [6, 6.07) is 15.5. The van der Waals surface area contributed by atoms with Crippen molar-refractivity contribution in [1.82, 2.24) is 0 Å². The van der Waals surface area contributed by atoms with Gasteiger partial charge in [0.15, 0.2) is 17.2 Å². The zero-order chi connectivity index (χ0) is 25.8. The lowest BCUT2D eigenvalue weighted by Crippen LogP contribution is -2.06. The number of esters is 1. The first kappa shape index (κ1) is 25.6. The molecule has 1 heterocycles. The van der Waals surface area contributed by atoms with Crippen LogP contribution in [0.4, 0.5) is 5.69 Å². The number of benzene rings is 3. The van der Waals surface area contributed by atoms with Crippen LogP contribution in [0.3, 0.4) is 0 Å². The number of hydrogen-bond donors (Lipinski definition) is 0. The topological polar surface area (TPSA) is 100 Å². The summed E-state index contributed by atoms with van der Waals surface area (Å²) in [7, 11) is 0. The van der Waals surface area contributed by atoms with Gasteiger partial charge < -0.3 is 14.2 Å². The second kappa shape index (κ2) is 11.1. The fourth-order valence-corrected chi connectivity index (χ4v) is 4.54. The molecule has 1 aliphatic rings. The Morgan fingerprint density at radius 2 is 1.97 bits per heavy atom. The average Bonchev–Trinajstić information content (AvgIpc) is 3.18. The van der Waals surface area contributed by atoms with E-state index in [1.807, 2.05) is 38.1 Å². The number of ether oxygens (including phenoxy) is 3. The fourth-order valence-electron chi connectivity index (χ4n) is 3.50. The van der Waals surface area contributed by atoms with Crippen molar-refractivity contribution in [3.8, 4) is 11.5 Å². The monoisotopic (exact) mass is 618 g/mol. The van der Waals surface area contributed by atoms with Crippen LogP contribution < -0.4 is 9.47 Å². The molecule has 4 rings (SSSR count). The van der Waals surface area contributed by atoms with Crippen LogP contribution in [0.1, 0.15) is 29.2 Å². The zero-order valence-corrected chi connectivity index (χ0v) is 22.2. The molecule has 1 aliphatic heterocycles. The summed E-state index contributed by atoms with van der Waals surface area (Å²) in [4.78, 5) is 27.1. The first-order valence-corrected chi connectivity index (χ1v) is 12.3. The van der Waals surface area contributed by atoms with Crippen LogP contribution in [0.2, 0.25) is 5.02 Å². The van der Waals surface area contributed by atoms with Gasteiger partial charge in [-0.15, -0.1) is 0 Å². The maximum Gasteiger partial charge on any atom is 0.363 e. The molecular weight excluding hydrogens is 599 g/mol. The number of carbonyl (C=O) groups excluding carboxylic acids is 1. The Morgan fingerprint density at radius 1 is 1.17 bits per heavy atom. The highest BCUT2D eigenvalue weighted by Crippen LogP contribution is 2.36. The van der Waals surface area contributed by atoms with Gasteiger partial charge >= 0.3 is 5.97 Å². The van der Waals surface area contributed by atoms with Crippen LogP contribution in [0.15, 0.2) is 65.3 Å². The molecule has 3 aromatic rings. The number of rotatable bonds is 8. The van der Waals surface area contributed by atoms with Crippen molar-refractivity contribution in [1.29, 1.82) is 0 Å². The molecule has 8 nitrogen and oxygen atoms in total. The first-order chi connectivity index (χ1) is 17.2. The van der Waals surface area contributed by atoms with Crippen molar-refractivity contribution in [3.05, 3.63) is 101 Å². The highest BCUT2D eigenvalue weighted by Gasteiger charge is 2.27. The number of nitro groups is 1. The summed E-state index contributed by atoms with van der Waals surface area (Å²) in [5, 5.41) is 11.0. The van der Waals surface area contributed by atoms with E-state index in [2.05, 4.69) is 33.6 Å². The third-order valence-corrected chi connectivity index (χ3v) is 6.23. The van der Waals surface area contributed by atoms with Crippen molar-refractivity contribution in [2.75, 3.05) is 6.61 Å². The van der Waals surface area contributed by atoms with E-state index in [0.29, 0.717) is 30.3 Å². The second-order valence-corrected chi connectivity index (χ2v) is 9.37. The Kier molecular flexibility index (Phi) is 7.90. The molecule has 0 amide bonds. The normalized spacial score (nSPS) is 13.9. The van der Waals surface area contributed by atoms with Crippen LogP contribution >= 0.6 is 34.2 Å². The number of nitro benzene ring substituents is 1. The van der Waals surface area contributed by atoms with E-state index in [1.54, 1.807) is 12.1 Å². The Bertz CT molecular complexity index is 1420. The van der Waals surface area contributed by atoms with Gasteiger partial charge in [-0.25, -0.2) is 9.79 Å². The minimum Gasteiger partial charge on any atom is -0.490 e. The summed E-state index contributed by atoms with van der Waals surface area (Å²) >= 11 is 8.32. The first-order valence-electron chi connectivity index (χ1n) is 10.9. The molecule has 0 bridgehead atoms. The standard InChI is InChI=1S/C26H20ClIN2O6/c1-3-34-23-12-17(10-21(28)24(23)35-14-16-6-4-5-15(2)9-16)11-22-26(31)36-25(29-22)19-8-7-18(30(32)33)13-20(19)27/h4-13H,3,14H2,1-2H3/b22-11-. The lowest BCUT2D eigenvalue weighted by Gasteiger charge is -2.15. The Hall–Kier alpha value is -3.44. The number of aryl methyl sites for hydroxylation is 1. The number of non-ortho nitro benzene ring substituents is 1. The SMILES string of the molecule is CCOc1cc(/C=C2\N=C(c3ccc([N+](=O)[O-])cc3Cl)OC2=O)cc(I)c1OCc1cccc(C)c1. The van der Waals surface area contributed by atoms with Gasteiger partial charge in [0.05, 0.1) is 25.7 Å². The average molecular weight is 619 g/mol. The number of aliphatic imine (C=N–C) groups is 1. The van der Waals surface area contributed by atoms with Crippen molar-refractivity contribution >= 4 is 57.8 Å². The minimum absolute atomic E-state index is 0.0241. The highest BCUT2D eigenvalue weighted by molar-refractivity contribution is 14.1. The van der Waals surface area contributed by atoms with Crippen molar-refractivity contribution in [2.24, 2.45) is 4.99 Å². The number of halogens is 2. The van der Waals surface area contributed by atoms with Gasteiger partial charge in [0.1, 0.15) is 6.61 Å². The molecule has 0 unspecified atom stereocenters. The molecule has 0 atom stereocenters. The highest BCUT2D eigenvalue weighted by atomic mass is 127. The van der Waals surface area contributed by atoms with E-state index in [0.717, 1.165) is 14.7 Å². The molecule has 0 aromatic heterocycles. The number of cyclic esters (lactones) is 1. The molecule has 0 saturated heterocycles. The van der Waals surface area contributed by atoms with Gasteiger partial charge in [-0.05, 0) is 71.8 Å². The summed E-state index contributed by atoms with van der Waals surface area (Å²) in [6.45, 7) is 4.72. The van der Waals surface area contributed by atoms with Crippen LogP contribution in [0.5, 0.6) is 11.5 Å². The fraction of sp³-hybridized carbons (Fsp3) is 0.154. The Morgan fingerprint density at radius 3 is 2.67 bits per heavy atom. The molecule has 0 fully saturated rings. The van der Waals surface area contributed by atoms with Gasteiger partial charge in [-0.1, -0.05) is 41.4 Å². The Labute approximate surface area is 225 Å². The minimum atomic E-state index is -0.660. The van der Waals surface area contributed by atoms with E-state index < -0.39 is 10.9 Å². The van der Waals surface area contributed by atoms with Crippen molar-refractivity contribution in [3.63, 3.8) is 0 Å². The van der Waals surface area contributed by atoms with Gasteiger partial charge in [0, 0.05) is 12.1 Å². The quantitative estimate of drug-likeness (QED) is 0.0942. The molecule has 184 valence electrons. The molecule has 0 radical (unpaired) electrons. The summed E-state index contributed by atoms with van der Waals surface area (Å²) in [5.74, 6) is 0.464. The van der Waals surface area contributed by atoms with Crippen LogP contribution in [0.25, 0.3) is 6.08 Å². The largest absolute Gasteiger partial charge is 0.490 e. The predicted molar refractivity (Wildman–Crippen MR) is 145 cm³/mol. The van der Waals surface area contributed by atoms with Crippen LogP contribution in [0, 0.1) is 20.6 Å². The molecule has 0 spiro atoms. The van der Waals surface area contributed by atoms with E-state index in [-0.39, 0.29) is 27.9 Å². The van der Waals surface area contributed by atoms with Gasteiger partial charge in [0.2, 0.25) is 5.90 Å². The maximum atomic E-state index is 12.5. The van der Waals surface area contributed by atoms with Gasteiger partial charge in [-0.3, -0.25) is 10.1 Å². The number of nitrogens with zero attached hydrogens (tertiary/aromatic N) is 2. The maximum absolute atomic E-state index is 12.5. The number of carbonyl (C=O) groups is 1. The van der Waals surface area contributed by atoms with E-state index in [4.69, 9.17) is 25.8 Å². The lowest BCUT2D eigenvalue weighted by atomic mass is 10.1. The second-order valence-electron chi connectivity index (χ2n) is 7.80. The van der Waals surface area contributed by atoms with Crippen molar-refractivity contribution < 1.29 is 23.9 Å². The molecule has 0 saturated carbocycles. The van der Waals surface area contributed by atoms with Gasteiger partial charge in [0.25, 0.3) is 5.69 Å². The third-order valence-electron chi connectivity index (χ3n) is 5.12. The van der Waals surface area contributed by atoms with Gasteiger partial charge in [-0.2, -0.15) is 0 Å². The van der Waals surface area contributed by atoms with E-state index in [9.17, 15) is 14.9 Å². The van der Waals surface area contributed by atoms with Crippen molar-refractivity contribution in [2.45, 2.75) is 20.5 Å². The molecule has 10 heteroatoms. The zero-order valence-electron chi connectivity index (χ0n) is 19.3. The van der Waals surface area contributed by atoms with E-state index >= 15 is 0 Å². The summed E-state index contributed by atoms with van der Waals surface area (Å²) in [6.07, 6.45) is 1.57.